The van der Waals surface area contributed by atoms with Crippen molar-refractivity contribution in [3.8, 4) is 12.0 Å². The third-order valence-corrected chi connectivity index (χ3v) is 4.12. The third-order valence-electron chi connectivity index (χ3n) is 4.12. The van der Waals surface area contributed by atoms with E-state index in [1.807, 2.05) is 0 Å². The van der Waals surface area contributed by atoms with Crippen molar-refractivity contribution in [1.29, 1.82) is 0 Å². The molecule has 1 N–H and O–H groups in total. The summed E-state index contributed by atoms with van der Waals surface area (Å²) < 4.78 is 75.5. The van der Waals surface area contributed by atoms with Crippen LogP contribution in [0, 0.1) is 18.6 Å². The summed E-state index contributed by atoms with van der Waals surface area (Å²) in [6.45, 7) is 2.79. The van der Waals surface area contributed by atoms with Gasteiger partial charge in [-0.2, -0.15) is 18.2 Å². The molecule has 0 radical (unpaired) electrons. The maximum Gasteiger partial charge on any atom is 0.416 e. The second kappa shape index (κ2) is 8.09. The van der Waals surface area contributed by atoms with Crippen LogP contribution in [0.1, 0.15) is 40.1 Å². The predicted molar refractivity (Wildman–Crippen MR) is 92.8 cm³/mol. The Labute approximate surface area is 166 Å². The minimum Gasteiger partial charge on any atom is -0.416 e. The Bertz CT molecular complexity index is 1060. The summed E-state index contributed by atoms with van der Waals surface area (Å²) in [4.78, 5) is 19.6. The van der Waals surface area contributed by atoms with E-state index in [9.17, 15) is 26.7 Å². The lowest BCUT2D eigenvalue weighted by molar-refractivity contribution is -0.137. The lowest BCUT2D eigenvalue weighted by Gasteiger charge is -2.14. The topological polar surface area (TPSA) is 77.2 Å². The van der Waals surface area contributed by atoms with Gasteiger partial charge < -0.3 is 14.5 Å². The van der Waals surface area contributed by atoms with Crippen molar-refractivity contribution in [3.05, 3.63) is 70.7 Å². The number of hydrogen-bond donors (Lipinski definition) is 1. The van der Waals surface area contributed by atoms with Gasteiger partial charge in [-0.3, -0.25) is 4.79 Å². The van der Waals surface area contributed by atoms with Crippen molar-refractivity contribution in [2.45, 2.75) is 26.1 Å². The fourth-order valence-corrected chi connectivity index (χ4v) is 2.41. The van der Waals surface area contributed by atoms with Gasteiger partial charge in [0.1, 0.15) is 17.9 Å². The number of ether oxygens (including phenoxy) is 1. The van der Waals surface area contributed by atoms with Crippen LogP contribution < -0.4 is 10.1 Å². The molecule has 0 fully saturated rings. The minimum absolute atomic E-state index is 0.140. The SMILES string of the molecule is Cc1c(F)cc([C@@H](C)NC(=O)c2coc(Oc3cc(C(F)(F)F)ccn3)n2)cc1F. The molecular formula is C19H14F5N3O3. The van der Waals surface area contributed by atoms with E-state index in [4.69, 9.17) is 9.15 Å². The smallest absolute Gasteiger partial charge is 0.416 e. The zero-order chi connectivity index (χ0) is 22.1. The van der Waals surface area contributed by atoms with Crippen molar-refractivity contribution in [2.75, 3.05) is 0 Å². The van der Waals surface area contributed by atoms with E-state index in [-0.39, 0.29) is 16.8 Å². The Morgan fingerprint density at radius 1 is 1.20 bits per heavy atom. The number of alkyl halides is 3. The Morgan fingerprint density at radius 3 is 2.50 bits per heavy atom. The largest absolute Gasteiger partial charge is 0.416 e. The number of halogens is 5. The molecule has 0 aliphatic heterocycles. The van der Waals surface area contributed by atoms with Crippen LogP contribution in [0.4, 0.5) is 22.0 Å². The van der Waals surface area contributed by atoms with E-state index < -0.39 is 47.3 Å². The van der Waals surface area contributed by atoms with Gasteiger partial charge in [-0.05, 0) is 37.6 Å². The Kier molecular flexibility index (Phi) is 5.72. The number of nitrogens with one attached hydrogen (secondary N) is 1. The zero-order valence-corrected chi connectivity index (χ0v) is 15.6. The fraction of sp³-hybridized carbons (Fsp3) is 0.211. The molecule has 3 aromatic rings. The second-order valence-corrected chi connectivity index (χ2v) is 6.29. The molecule has 0 bridgehead atoms. The number of carbonyl (C=O) groups excluding carboxylic acids is 1. The van der Waals surface area contributed by atoms with Gasteiger partial charge in [-0.25, -0.2) is 13.8 Å². The van der Waals surface area contributed by atoms with Gasteiger partial charge in [-0.15, -0.1) is 0 Å². The van der Waals surface area contributed by atoms with Crippen molar-refractivity contribution < 1.29 is 35.9 Å². The number of aromatic nitrogens is 2. The van der Waals surface area contributed by atoms with Crippen LogP contribution in [-0.2, 0) is 6.18 Å². The summed E-state index contributed by atoms with van der Waals surface area (Å²) in [5.41, 5.74) is -1.18. The lowest BCUT2D eigenvalue weighted by atomic mass is 10.1. The number of hydrogen-bond acceptors (Lipinski definition) is 5. The van der Waals surface area contributed by atoms with Gasteiger partial charge in [0.05, 0.1) is 11.6 Å². The molecule has 0 saturated carbocycles. The molecule has 2 heterocycles. The average molecular weight is 427 g/mol. The number of benzene rings is 1. The molecule has 30 heavy (non-hydrogen) atoms. The molecule has 0 aliphatic rings. The molecule has 158 valence electrons. The Hall–Kier alpha value is -3.50. The molecule has 0 aliphatic carbocycles. The highest BCUT2D eigenvalue weighted by Crippen LogP contribution is 2.31. The normalized spacial score (nSPS) is 12.5. The van der Waals surface area contributed by atoms with E-state index in [0.29, 0.717) is 6.07 Å². The number of oxazole rings is 1. The van der Waals surface area contributed by atoms with Crippen LogP contribution in [0.25, 0.3) is 0 Å². The monoisotopic (exact) mass is 427 g/mol. The van der Waals surface area contributed by atoms with Crippen LogP contribution in [0.15, 0.2) is 41.1 Å². The van der Waals surface area contributed by atoms with Crippen molar-refractivity contribution >= 4 is 5.91 Å². The number of carbonyl (C=O) groups is 1. The molecule has 1 atom stereocenters. The van der Waals surface area contributed by atoms with E-state index in [1.54, 1.807) is 0 Å². The number of amides is 1. The zero-order valence-electron chi connectivity index (χ0n) is 15.6. The van der Waals surface area contributed by atoms with Crippen molar-refractivity contribution in [2.24, 2.45) is 0 Å². The van der Waals surface area contributed by atoms with Crippen LogP contribution in [0.5, 0.6) is 12.0 Å². The van der Waals surface area contributed by atoms with Gasteiger partial charge in [-0.1, -0.05) is 0 Å². The third kappa shape index (κ3) is 4.73. The molecule has 1 aromatic carbocycles. The molecule has 1 amide bonds. The van der Waals surface area contributed by atoms with Crippen LogP contribution in [-0.4, -0.2) is 15.9 Å². The number of nitrogens with zero attached hydrogens (tertiary/aromatic N) is 2. The Morgan fingerprint density at radius 2 is 1.87 bits per heavy atom. The summed E-state index contributed by atoms with van der Waals surface area (Å²) >= 11 is 0. The van der Waals surface area contributed by atoms with Gasteiger partial charge >= 0.3 is 12.3 Å². The summed E-state index contributed by atoms with van der Waals surface area (Å²) in [5.74, 6) is -2.69. The summed E-state index contributed by atoms with van der Waals surface area (Å²) in [6, 6.07) is 2.83. The molecule has 0 unspecified atom stereocenters. The van der Waals surface area contributed by atoms with Gasteiger partial charge in [0, 0.05) is 17.8 Å². The molecular weight excluding hydrogens is 413 g/mol. The van der Waals surface area contributed by atoms with Crippen LogP contribution >= 0.6 is 0 Å². The quantitative estimate of drug-likeness (QED) is 0.583. The highest BCUT2D eigenvalue weighted by atomic mass is 19.4. The van der Waals surface area contributed by atoms with Gasteiger partial charge in [0.2, 0.25) is 5.88 Å². The molecule has 2 aromatic heterocycles. The number of rotatable bonds is 5. The van der Waals surface area contributed by atoms with E-state index >= 15 is 0 Å². The summed E-state index contributed by atoms with van der Waals surface area (Å²) in [5, 5.41) is 2.48. The predicted octanol–water partition coefficient (Wildman–Crippen LogP) is 4.96. The standard InChI is InChI=1S/C19H14F5N3O3/c1-9-13(20)5-11(6-14(9)21)10(2)26-17(28)15-8-29-18(27-15)30-16-7-12(3-4-25-16)19(22,23)24/h3-8,10H,1-2H3,(H,26,28)/t10-/m1/s1. The van der Waals surface area contributed by atoms with Crippen molar-refractivity contribution in [1.82, 2.24) is 15.3 Å². The second-order valence-electron chi connectivity index (χ2n) is 6.29. The first kappa shape index (κ1) is 21.2. The summed E-state index contributed by atoms with van der Waals surface area (Å²) in [6.07, 6.45) is -3.28. The maximum atomic E-state index is 13.7. The molecule has 0 saturated heterocycles. The number of pyridine rings is 1. The molecule has 11 heteroatoms. The lowest BCUT2D eigenvalue weighted by Crippen LogP contribution is -2.27. The average Bonchev–Trinajstić information content (AvgIpc) is 3.13. The summed E-state index contributed by atoms with van der Waals surface area (Å²) in [7, 11) is 0. The van der Waals surface area contributed by atoms with Crippen LogP contribution in [0.2, 0.25) is 0 Å². The first-order valence-corrected chi connectivity index (χ1v) is 8.47. The van der Waals surface area contributed by atoms with E-state index in [2.05, 4.69) is 15.3 Å². The minimum atomic E-state index is -4.59. The Balaban J connectivity index is 1.69. The van der Waals surface area contributed by atoms with Crippen molar-refractivity contribution in [3.63, 3.8) is 0 Å². The van der Waals surface area contributed by atoms with Crippen LogP contribution in [0.3, 0.4) is 0 Å². The maximum absolute atomic E-state index is 13.7. The van der Waals surface area contributed by atoms with Gasteiger partial charge in [0.15, 0.2) is 5.69 Å². The van der Waals surface area contributed by atoms with E-state index in [1.165, 1.54) is 13.8 Å². The molecule has 6 nitrogen and oxygen atoms in total. The molecule has 3 rings (SSSR count). The highest BCUT2D eigenvalue weighted by molar-refractivity contribution is 5.92. The first-order chi connectivity index (χ1) is 14.0. The highest BCUT2D eigenvalue weighted by Gasteiger charge is 2.31. The fourth-order valence-electron chi connectivity index (χ4n) is 2.41. The molecule has 0 spiro atoms. The van der Waals surface area contributed by atoms with E-state index in [0.717, 1.165) is 30.7 Å². The first-order valence-electron chi connectivity index (χ1n) is 8.47. The van der Waals surface area contributed by atoms with Gasteiger partial charge in [0.25, 0.3) is 5.91 Å².